The van der Waals surface area contributed by atoms with Crippen LogP contribution in [0.15, 0.2) is 29.2 Å². The van der Waals surface area contributed by atoms with Gasteiger partial charge >= 0.3 is 0 Å². The van der Waals surface area contributed by atoms with Gasteiger partial charge in [0.2, 0.25) is 10.0 Å². The molecule has 0 aliphatic heterocycles. The van der Waals surface area contributed by atoms with Gasteiger partial charge in [0, 0.05) is 25.3 Å². The lowest BCUT2D eigenvalue weighted by atomic mass is 10.2. The highest BCUT2D eigenvalue weighted by molar-refractivity contribution is 7.89. The van der Waals surface area contributed by atoms with Gasteiger partial charge < -0.3 is 10.0 Å². The van der Waals surface area contributed by atoms with E-state index < -0.39 is 10.0 Å². The lowest BCUT2D eigenvalue weighted by Crippen LogP contribution is -2.27. The van der Waals surface area contributed by atoms with E-state index in [0.717, 1.165) is 25.1 Å². The first-order chi connectivity index (χ1) is 9.55. The van der Waals surface area contributed by atoms with Crippen molar-refractivity contribution in [3.8, 4) is 0 Å². The van der Waals surface area contributed by atoms with Gasteiger partial charge in [-0.05, 0) is 37.1 Å². The highest BCUT2D eigenvalue weighted by Gasteiger charge is 2.13. The topological polar surface area (TPSA) is 69.6 Å². The molecule has 0 spiro atoms. The largest absolute Gasteiger partial charge is 0.395 e. The second kappa shape index (κ2) is 8.24. The fourth-order valence-corrected chi connectivity index (χ4v) is 3.05. The van der Waals surface area contributed by atoms with Crippen molar-refractivity contribution in [3.63, 3.8) is 0 Å². The van der Waals surface area contributed by atoms with Crippen LogP contribution in [-0.2, 0) is 10.0 Å². The van der Waals surface area contributed by atoms with Gasteiger partial charge in [0.15, 0.2) is 0 Å². The molecule has 0 saturated heterocycles. The molecule has 0 saturated carbocycles. The van der Waals surface area contributed by atoms with Gasteiger partial charge in [0.05, 0.1) is 11.5 Å². The minimum absolute atomic E-state index is 0.0815. The van der Waals surface area contributed by atoms with Crippen molar-refractivity contribution in [1.82, 2.24) is 4.72 Å². The van der Waals surface area contributed by atoms with Crippen molar-refractivity contribution in [1.29, 1.82) is 0 Å². The van der Waals surface area contributed by atoms with Crippen LogP contribution in [0.25, 0.3) is 0 Å². The van der Waals surface area contributed by atoms with Crippen molar-refractivity contribution in [2.45, 2.75) is 31.6 Å². The molecule has 2 N–H and O–H groups in total. The predicted octanol–water partition coefficient (Wildman–Crippen LogP) is 1.58. The molecule has 0 amide bonds. The van der Waals surface area contributed by atoms with E-state index in [4.69, 9.17) is 5.11 Å². The molecule has 0 unspecified atom stereocenters. The Bertz CT molecular complexity index is 480. The van der Waals surface area contributed by atoms with E-state index in [2.05, 4.69) is 11.6 Å². The van der Waals surface area contributed by atoms with E-state index >= 15 is 0 Å². The minimum Gasteiger partial charge on any atom is -0.395 e. The van der Waals surface area contributed by atoms with Gasteiger partial charge in [-0.1, -0.05) is 13.8 Å². The zero-order chi connectivity index (χ0) is 15.0. The molecule has 114 valence electrons. The number of nitrogens with one attached hydrogen (secondary N) is 1. The Morgan fingerprint density at radius 2 is 1.75 bits per heavy atom. The van der Waals surface area contributed by atoms with Crippen LogP contribution in [0.1, 0.15) is 26.7 Å². The van der Waals surface area contributed by atoms with Crippen LogP contribution < -0.4 is 9.62 Å². The molecule has 0 fully saturated rings. The van der Waals surface area contributed by atoms with E-state index in [1.54, 1.807) is 24.3 Å². The van der Waals surface area contributed by atoms with Crippen LogP contribution in [-0.4, -0.2) is 39.8 Å². The third-order valence-corrected chi connectivity index (χ3v) is 4.39. The number of nitrogens with zero attached hydrogens (tertiary/aromatic N) is 1. The zero-order valence-corrected chi connectivity index (χ0v) is 13.0. The van der Waals surface area contributed by atoms with E-state index in [1.807, 2.05) is 11.8 Å². The number of sulfonamides is 1. The van der Waals surface area contributed by atoms with Crippen LogP contribution in [0.4, 0.5) is 5.69 Å². The molecule has 0 radical (unpaired) electrons. The molecule has 1 rings (SSSR count). The van der Waals surface area contributed by atoms with Crippen molar-refractivity contribution in [2.75, 3.05) is 31.1 Å². The van der Waals surface area contributed by atoms with Crippen LogP contribution in [0.5, 0.6) is 0 Å². The van der Waals surface area contributed by atoms with Crippen LogP contribution in [0, 0.1) is 0 Å². The van der Waals surface area contributed by atoms with E-state index in [-0.39, 0.29) is 11.5 Å². The number of anilines is 1. The van der Waals surface area contributed by atoms with Crippen molar-refractivity contribution in [3.05, 3.63) is 24.3 Å². The van der Waals surface area contributed by atoms with Gasteiger partial charge in [0.25, 0.3) is 0 Å². The van der Waals surface area contributed by atoms with Crippen molar-refractivity contribution >= 4 is 15.7 Å². The maximum atomic E-state index is 12.0. The molecule has 0 atom stereocenters. The average molecular weight is 300 g/mol. The third kappa shape index (κ3) is 4.77. The molecule has 1 aromatic rings. The molecule has 0 heterocycles. The maximum absolute atomic E-state index is 12.0. The molecule has 0 aliphatic carbocycles. The highest BCUT2D eigenvalue weighted by atomic mass is 32.2. The van der Waals surface area contributed by atoms with Crippen LogP contribution in [0.2, 0.25) is 0 Å². The standard InChI is InChI=1S/C14H24N2O3S/c1-3-9-15-20(18,19)14-7-5-13(6-8-14)16(10-4-2)11-12-17/h5-8,15,17H,3-4,9-12H2,1-2H3. The summed E-state index contributed by atoms with van der Waals surface area (Å²) in [6.07, 6.45) is 1.73. The number of aliphatic hydroxyl groups excluding tert-OH is 1. The van der Waals surface area contributed by atoms with Crippen molar-refractivity contribution < 1.29 is 13.5 Å². The first-order valence-electron chi connectivity index (χ1n) is 7.00. The molecule has 20 heavy (non-hydrogen) atoms. The quantitative estimate of drug-likeness (QED) is 0.726. The Kier molecular flexibility index (Phi) is 6.98. The van der Waals surface area contributed by atoms with E-state index in [9.17, 15) is 8.42 Å². The fraction of sp³-hybridized carbons (Fsp3) is 0.571. The number of benzene rings is 1. The summed E-state index contributed by atoms with van der Waals surface area (Å²) in [5.74, 6) is 0. The first kappa shape index (κ1) is 16.9. The van der Waals surface area contributed by atoms with E-state index in [1.165, 1.54) is 0 Å². The first-order valence-corrected chi connectivity index (χ1v) is 8.49. The Labute approximate surface area is 121 Å². The number of hydrogen-bond acceptors (Lipinski definition) is 4. The summed E-state index contributed by atoms with van der Waals surface area (Å²) in [5, 5.41) is 9.06. The summed E-state index contributed by atoms with van der Waals surface area (Å²) in [5.41, 5.74) is 0.926. The molecule has 1 aromatic carbocycles. The second-order valence-electron chi connectivity index (χ2n) is 4.60. The highest BCUT2D eigenvalue weighted by Crippen LogP contribution is 2.18. The Hall–Kier alpha value is -1.11. The van der Waals surface area contributed by atoms with Gasteiger partial charge in [0.1, 0.15) is 0 Å². The lowest BCUT2D eigenvalue weighted by molar-refractivity contribution is 0.302. The Morgan fingerprint density at radius 1 is 1.10 bits per heavy atom. The smallest absolute Gasteiger partial charge is 0.240 e. The van der Waals surface area contributed by atoms with Gasteiger partial charge in [-0.3, -0.25) is 0 Å². The fourth-order valence-electron chi connectivity index (χ4n) is 1.92. The molecule has 6 heteroatoms. The van der Waals surface area contributed by atoms with Gasteiger partial charge in [-0.2, -0.15) is 0 Å². The van der Waals surface area contributed by atoms with Crippen molar-refractivity contribution in [2.24, 2.45) is 0 Å². The summed E-state index contributed by atoms with van der Waals surface area (Å²) < 4.78 is 26.5. The SMILES string of the molecule is CCCNS(=O)(=O)c1ccc(N(CCC)CCO)cc1. The molecule has 0 aromatic heterocycles. The molecule has 5 nitrogen and oxygen atoms in total. The predicted molar refractivity (Wildman–Crippen MR) is 81.5 cm³/mol. The van der Waals surface area contributed by atoms with Crippen LogP contribution in [0.3, 0.4) is 0 Å². The monoisotopic (exact) mass is 300 g/mol. The summed E-state index contributed by atoms with van der Waals surface area (Å²) in [6.45, 7) is 5.89. The molecule has 0 aliphatic rings. The average Bonchev–Trinajstić information content (AvgIpc) is 2.45. The van der Waals surface area contributed by atoms with Crippen LogP contribution >= 0.6 is 0 Å². The number of aliphatic hydroxyl groups is 1. The van der Waals surface area contributed by atoms with Gasteiger partial charge in [-0.25, -0.2) is 13.1 Å². The second-order valence-corrected chi connectivity index (χ2v) is 6.37. The Balaban J connectivity index is 2.86. The van der Waals surface area contributed by atoms with E-state index in [0.29, 0.717) is 13.1 Å². The third-order valence-electron chi connectivity index (χ3n) is 2.92. The summed E-state index contributed by atoms with van der Waals surface area (Å²) in [7, 11) is -3.41. The molecule has 0 bridgehead atoms. The minimum atomic E-state index is -3.41. The maximum Gasteiger partial charge on any atom is 0.240 e. The summed E-state index contributed by atoms with van der Waals surface area (Å²) in [6, 6.07) is 6.78. The molecular weight excluding hydrogens is 276 g/mol. The number of hydrogen-bond donors (Lipinski definition) is 2. The zero-order valence-electron chi connectivity index (χ0n) is 12.2. The lowest BCUT2D eigenvalue weighted by Gasteiger charge is -2.23. The summed E-state index contributed by atoms with van der Waals surface area (Å²) >= 11 is 0. The normalized spacial score (nSPS) is 11.6. The van der Waals surface area contributed by atoms with Gasteiger partial charge in [-0.15, -0.1) is 0 Å². The Morgan fingerprint density at radius 3 is 2.25 bits per heavy atom. The summed E-state index contributed by atoms with van der Waals surface area (Å²) in [4.78, 5) is 2.31. The number of rotatable bonds is 9. The molecular formula is C14H24N2O3S.